The van der Waals surface area contributed by atoms with Crippen LogP contribution in [-0.2, 0) is 0 Å². The maximum Gasteiger partial charge on any atom is 0.235 e. The predicted molar refractivity (Wildman–Crippen MR) is 54.3 cm³/mol. The van der Waals surface area contributed by atoms with Crippen LogP contribution in [0.1, 0.15) is 5.56 Å². The second kappa shape index (κ2) is 3.33. The Hall–Kier alpha value is -2.10. The van der Waals surface area contributed by atoms with Crippen molar-refractivity contribution >= 4 is 17.0 Å². The first-order valence-corrected chi connectivity index (χ1v) is 4.15. The fourth-order valence-electron chi connectivity index (χ4n) is 1.37. The Morgan fingerprint density at radius 3 is 2.93 bits per heavy atom. The number of hydrogen-bond acceptors (Lipinski definition) is 2. The lowest BCUT2D eigenvalue weighted by atomic mass is 10.2. The molecule has 0 aliphatic rings. The molecule has 0 aliphatic carbocycles. The van der Waals surface area contributed by atoms with E-state index in [9.17, 15) is 10.1 Å². The lowest BCUT2D eigenvalue weighted by molar-refractivity contribution is -0.400. The zero-order valence-corrected chi connectivity index (χ0v) is 7.31. The molecule has 0 aliphatic heterocycles. The molecule has 0 saturated heterocycles. The van der Waals surface area contributed by atoms with Crippen molar-refractivity contribution in [1.82, 2.24) is 4.98 Å². The van der Waals surface area contributed by atoms with Crippen LogP contribution < -0.4 is 0 Å². The summed E-state index contributed by atoms with van der Waals surface area (Å²) in [7, 11) is 0. The third-order valence-electron chi connectivity index (χ3n) is 2.00. The van der Waals surface area contributed by atoms with Crippen molar-refractivity contribution < 1.29 is 4.92 Å². The zero-order valence-electron chi connectivity index (χ0n) is 7.31. The average molecular weight is 188 g/mol. The molecule has 0 bridgehead atoms. The van der Waals surface area contributed by atoms with E-state index in [2.05, 4.69) is 4.98 Å². The molecular weight excluding hydrogens is 180 g/mol. The summed E-state index contributed by atoms with van der Waals surface area (Å²) in [4.78, 5) is 12.7. The molecule has 0 atom stereocenters. The molecule has 0 fully saturated rings. The van der Waals surface area contributed by atoms with Crippen molar-refractivity contribution in [2.24, 2.45) is 0 Å². The normalized spacial score (nSPS) is 11.1. The smallest absolute Gasteiger partial charge is 0.235 e. The largest absolute Gasteiger partial charge is 0.361 e. The summed E-state index contributed by atoms with van der Waals surface area (Å²) in [5, 5.41) is 11.1. The molecular formula is C10H8N2O2. The van der Waals surface area contributed by atoms with Crippen LogP contribution in [0.3, 0.4) is 0 Å². The second-order valence-electron chi connectivity index (χ2n) is 2.89. The van der Waals surface area contributed by atoms with Gasteiger partial charge < -0.3 is 4.98 Å². The van der Waals surface area contributed by atoms with Gasteiger partial charge in [0.2, 0.25) is 6.20 Å². The van der Waals surface area contributed by atoms with Crippen LogP contribution in [0.15, 0.2) is 36.7 Å². The van der Waals surface area contributed by atoms with Gasteiger partial charge in [-0.15, -0.1) is 0 Å². The number of nitro groups is 1. The molecule has 1 heterocycles. The lowest BCUT2D eigenvalue weighted by Gasteiger charge is -1.88. The Balaban J connectivity index is 2.48. The predicted octanol–water partition coefficient (Wildman–Crippen LogP) is 2.42. The van der Waals surface area contributed by atoms with Crippen LogP contribution in [0.5, 0.6) is 0 Å². The van der Waals surface area contributed by atoms with E-state index in [4.69, 9.17) is 0 Å². The maximum absolute atomic E-state index is 10.1. The molecule has 4 nitrogen and oxygen atoms in total. The number of rotatable bonds is 2. The quantitative estimate of drug-likeness (QED) is 0.581. The van der Waals surface area contributed by atoms with Gasteiger partial charge in [-0.3, -0.25) is 10.1 Å². The highest BCUT2D eigenvalue weighted by atomic mass is 16.6. The SMILES string of the molecule is O=[N+]([O-])/C=C\c1c[nH]c2ccccc12. The molecule has 1 aromatic heterocycles. The van der Waals surface area contributed by atoms with E-state index in [1.807, 2.05) is 24.3 Å². The number of nitrogens with one attached hydrogen (secondary N) is 1. The van der Waals surface area contributed by atoms with E-state index in [0.29, 0.717) is 0 Å². The number of hydrogen-bond donors (Lipinski definition) is 1. The first-order chi connectivity index (χ1) is 6.77. The van der Waals surface area contributed by atoms with Crippen molar-refractivity contribution in [1.29, 1.82) is 0 Å². The highest BCUT2D eigenvalue weighted by Crippen LogP contribution is 2.18. The third-order valence-corrected chi connectivity index (χ3v) is 2.00. The van der Waals surface area contributed by atoms with Gasteiger partial charge in [0.15, 0.2) is 0 Å². The highest BCUT2D eigenvalue weighted by Gasteiger charge is 1.99. The first kappa shape index (κ1) is 8.50. The van der Waals surface area contributed by atoms with E-state index in [1.54, 1.807) is 6.20 Å². The fraction of sp³-hybridized carbons (Fsp3) is 0. The highest BCUT2D eigenvalue weighted by molar-refractivity contribution is 5.88. The molecule has 0 radical (unpaired) electrons. The molecule has 2 rings (SSSR count). The van der Waals surface area contributed by atoms with Gasteiger partial charge in [-0.05, 0) is 6.07 Å². The van der Waals surface area contributed by atoms with Crippen molar-refractivity contribution in [3.05, 3.63) is 52.3 Å². The van der Waals surface area contributed by atoms with E-state index in [0.717, 1.165) is 22.7 Å². The Labute approximate surface area is 80.0 Å². The van der Waals surface area contributed by atoms with Crippen LogP contribution in [-0.4, -0.2) is 9.91 Å². The minimum Gasteiger partial charge on any atom is -0.361 e. The van der Waals surface area contributed by atoms with E-state index < -0.39 is 4.92 Å². The summed E-state index contributed by atoms with van der Waals surface area (Å²) < 4.78 is 0. The van der Waals surface area contributed by atoms with Gasteiger partial charge in [-0.2, -0.15) is 0 Å². The third kappa shape index (κ3) is 1.50. The number of para-hydroxylation sites is 1. The summed E-state index contributed by atoms with van der Waals surface area (Å²) >= 11 is 0. The minimum atomic E-state index is -0.470. The van der Waals surface area contributed by atoms with Crippen molar-refractivity contribution in [2.75, 3.05) is 0 Å². The van der Waals surface area contributed by atoms with Crippen molar-refractivity contribution in [3.8, 4) is 0 Å². The van der Waals surface area contributed by atoms with Gasteiger partial charge in [0.1, 0.15) is 0 Å². The van der Waals surface area contributed by atoms with Gasteiger partial charge in [-0.25, -0.2) is 0 Å². The van der Waals surface area contributed by atoms with Gasteiger partial charge >= 0.3 is 0 Å². The molecule has 14 heavy (non-hydrogen) atoms. The molecule has 0 spiro atoms. The number of aromatic amines is 1. The number of H-pyrrole nitrogens is 1. The summed E-state index contributed by atoms with van der Waals surface area (Å²) in [6.07, 6.45) is 4.18. The first-order valence-electron chi connectivity index (χ1n) is 4.15. The van der Waals surface area contributed by atoms with E-state index in [1.165, 1.54) is 6.08 Å². The average Bonchev–Trinajstić information content (AvgIpc) is 2.58. The topological polar surface area (TPSA) is 58.9 Å². The van der Waals surface area contributed by atoms with Crippen LogP contribution in [0.25, 0.3) is 17.0 Å². The van der Waals surface area contributed by atoms with Crippen LogP contribution in [0.2, 0.25) is 0 Å². The van der Waals surface area contributed by atoms with Crippen LogP contribution in [0, 0.1) is 10.1 Å². The molecule has 0 amide bonds. The Morgan fingerprint density at radius 2 is 2.14 bits per heavy atom. The van der Waals surface area contributed by atoms with Gasteiger partial charge in [-0.1, -0.05) is 18.2 Å². The van der Waals surface area contributed by atoms with Gasteiger partial charge in [0, 0.05) is 28.7 Å². The standard InChI is InChI=1S/C10H8N2O2/c13-12(14)6-5-8-7-11-10-4-2-1-3-9(8)10/h1-7,11H/b6-5-. The second-order valence-corrected chi connectivity index (χ2v) is 2.89. The molecule has 2 aromatic rings. The van der Waals surface area contributed by atoms with Crippen LogP contribution >= 0.6 is 0 Å². The molecule has 70 valence electrons. The fourth-order valence-corrected chi connectivity index (χ4v) is 1.37. The molecule has 4 heteroatoms. The van der Waals surface area contributed by atoms with Crippen molar-refractivity contribution in [3.63, 3.8) is 0 Å². The maximum atomic E-state index is 10.1. The van der Waals surface area contributed by atoms with Gasteiger partial charge in [0.25, 0.3) is 0 Å². The van der Waals surface area contributed by atoms with E-state index in [-0.39, 0.29) is 0 Å². The van der Waals surface area contributed by atoms with Gasteiger partial charge in [0.05, 0.1) is 4.92 Å². The lowest BCUT2D eigenvalue weighted by Crippen LogP contribution is -1.81. The molecule has 1 N–H and O–H groups in total. The molecule has 0 saturated carbocycles. The number of nitrogens with zero attached hydrogens (tertiary/aromatic N) is 1. The zero-order chi connectivity index (χ0) is 9.97. The molecule has 1 aromatic carbocycles. The monoisotopic (exact) mass is 188 g/mol. The Bertz CT molecular complexity index is 500. The Kier molecular flexibility index (Phi) is 2.02. The van der Waals surface area contributed by atoms with Crippen molar-refractivity contribution in [2.45, 2.75) is 0 Å². The number of aromatic nitrogens is 1. The summed E-state index contributed by atoms with van der Waals surface area (Å²) in [6, 6.07) is 7.67. The van der Waals surface area contributed by atoms with E-state index >= 15 is 0 Å². The Morgan fingerprint density at radius 1 is 1.36 bits per heavy atom. The summed E-state index contributed by atoms with van der Waals surface area (Å²) in [5.41, 5.74) is 1.81. The molecule has 0 unspecified atom stereocenters. The number of benzene rings is 1. The summed E-state index contributed by atoms with van der Waals surface area (Å²) in [5.74, 6) is 0. The summed E-state index contributed by atoms with van der Waals surface area (Å²) in [6.45, 7) is 0. The minimum absolute atomic E-state index is 0.470. The van der Waals surface area contributed by atoms with Crippen LogP contribution in [0.4, 0.5) is 0 Å². The number of fused-ring (bicyclic) bond motifs is 1.